The van der Waals surface area contributed by atoms with Crippen LogP contribution in [-0.4, -0.2) is 29.4 Å². The van der Waals surface area contributed by atoms with Crippen LogP contribution in [0.2, 0.25) is 0 Å². The van der Waals surface area contributed by atoms with Gasteiger partial charge < -0.3 is 40.8 Å². The Bertz CT molecular complexity index is 451. The average molecular weight is 530 g/mol. The van der Waals surface area contributed by atoms with Crippen LogP contribution in [0.15, 0.2) is 0 Å². The molecule has 13 nitrogen and oxygen atoms in total. The van der Waals surface area contributed by atoms with Gasteiger partial charge in [-0.25, -0.2) is 18.3 Å². The molecule has 0 aromatic carbocycles. The molecule has 0 aliphatic carbocycles. The summed E-state index contributed by atoms with van der Waals surface area (Å²) in [5.74, 6) is 0. The van der Waals surface area contributed by atoms with Gasteiger partial charge in [0.1, 0.15) is 0 Å². The van der Waals surface area contributed by atoms with E-state index in [4.69, 9.17) is 29.4 Å². The van der Waals surface area contributed by atoms with Crippen LogP contribution in [0.5, 0.6) is 0 Å². The molecule has 25 heteroatoms. The molecule has 0 aliphatic heterocycles. The predicted molar refractivity (Wildman–Crippen MR) is 55.9 cm³/mol. The van der Waals surface area contributed by atoms with E-state index < -0.39 is 31.3 Å². The van der Waals surface area contributed by atoms with Crippen LogP contribution in [-0.2, 0) is 31.2 Å². The zero-order chi connectivity index (χ0) is 14.1. The Morgan fingerprint density at radius 3 is 0.720 bits per heavy atom. The van der Waals surface area contributed by atoms with Crippen molar-refractivity contribution in [2.45, 2.75) is 0 Å². The molecule has 0 rings (SSSR count). The van der Waals surface area contributed by atoms with Gasteiger partial charge >= 0.3 is 268 Å². The van der Waals surface area contributed by atoms with E-state index in [-0.39, 0.29) is 248 Å². The monoisotopic (exact) mass is 530 g/mol. The molecule has 0 spiro atoms. The van der Waals surface area contributed by atoms with E-state index in [2.05, 4.69) is 12.9 Å². The largest absolute Gasteiger partial charge is 1.00 e. The summed E-state index contributed by atoms with van der Waals surface area (Å²) in [4.78, 5) is 49.4. The van der Waals surface area contributed by atoms with E-state index >= 15 is 0 Å². The standard InChI is InChI=1S/8Na.H6O13P4.8H/c;;;;;;;;1-14(2,3)11-16(7,8)13-17(9,10)12-15(4,5)6;;;;;;;;/h;;;;;;;;(H,7,8)(H,9,10)(H2,1,2,3)(H2,4,5,6);;;;;;;;/q8*+1;;8*-1. The number of hydrogen-bond donors (Lipinski definition) is 6. The second kappa shape index (κ2) is 25.6. The van der Waals surface area contributed by atoms with Crippen LogP contribution in [0.3, 0.4) is 0 Å². The van der Waals surface area contributed by atoms with Crippen molar-refractivity contribution in [3.63, 3.8) is 0 Å². The summed E-state index contributed by atoms with van der Waals surface area (Å²) in [5, 5.41) is 0. The Hall–Kier alpha value is 8.56. The van der Waals surface area contributed by atoms with Gasteiger partial charge in [0, 0.05) is 0 Å². The molecule has 120 valence electrons. The topological polar surface area (TPSA) is 217 Å². The molecule has 0 amide bonds. The second-order valence-electron chi connectivity index (χ2n) is 2.16. The van der Waals surface area contributed by atoms with Crippen molar-refractivity contribution >= 4 is 31.3 Å². The quantitative estimate of drug-likeness (QED) is 0.139. The van der Waals surface area contributed by atoms with Gasteiger partial charge in [0.05, 0.1) is 0 Å². The fraction of sp³-hybridized carbons (Fsp3) is 0. The Kier molecular flexibility index (Phi) is 60.5. The molecule has 0 bridgehead atoms. The van der Waals surface area contributed by atoms with Crippen LogP contribution in [0.4, 0.5) is 0 Å². The third-order valence-corrected chi connectivity index (χ3v) is 5.63. The first-order chi connectivity index (χ1) is 7.12. The van der Waals surface area contributed by atoms with E-state index in [0.717, 1.165) is 0 Å². The fourth-order valence-electron chi connectivity index (χ4n) is 0.429. The van der Waals surface area contributed by atoms with Crippen molar-refractivity contribution in [2.75, 3.05) is 0 Å². The molecule has 0 fully saturated rings. The minimum Gasteiger partial charge on any atom is -1.00 e. The first-order valence-corrected chi connectivity index (χ1v) is 9.08. The van der Waals surface area contributed by atoms with Crippen molar-refractivity contribution in [1.29, 1.82) is 0 Å². The van der Waals surface area contributed by atoms with Gasteiger partial charge in [0.25, 0.3) is 0 Å². The number of hydrogen-bond acceptors (Lipinski definition) is 7. The first kappa shape index (κ1) is 59.0. The van der Waals surface area contributed by atoms with Crippen LogP contribution < -0.4 is 236 Å². The van der Waals surface area contributed by atoms with Gasteiger partial charge in [-0.05, 0) is 0 Å². The molecule has 0 aromatic heterocycles. The van der Waals surface area contributed by atoms with Crippen molar-refractivity contribution in [3.05, 3.63) is 0 Å². The molecule has 6 N–H and O–H groups in total. The molecule has 0 aliphatic rings. The Balaban J connectivity index is -0.0000000107. The van der Waals surface area contributed by atoms with E-state index in [9.17, 15) is 18.3 Å². The SMILES string of the molecule is O=P(O)(O)OP(=O)(O)OP(=O)(O)OP(=O)(O)O.[H-].[H-].[H-].[H-].[H-].[H-].[H-].[H-].[Na+].[Na+].[Na+].[Na+].[Na+].[Na+].[Na+].[Na+]. The second-order valence-corrected chi connectivity index (χ2v) is 7.96. The minimum atomic E-state index is -5.77. The van der Waals surface area contributed by atoms with Gasteiger partial charge in [-0.15, -0.1) is 0 Å². The maximum absolute atomic E-state index is 10.7. The Labute approximate surface area is 332 Å². The fourth-order valence-corrected chi connectivity index (χ4v) is 4.40. The van der Waals surface area contributed by atoms with Crippen molar-refractivity contribution in [3.8, 4) is 0 Å². The summed E-state index contributed by atoms with van der Waals surface area (Å²) < 4.78 is 50.9. The van der Waals surface area contributed by atoms with Gasteiger partial charge in [-0.2, -0.15) is 12.9 Å². The van der Waals surface area contributed by atoms with Crippen LogP contribution in [0.25, 0.3) is 0 Å². The normalized spacial score (nSPS) is 14.0. The summed E-state index contributed by atoms with van der Waals surface area (Å²) in [6.45, 7) is 0. The van der Waals surface area contributed by atoms with Gasteiger partial charge in [0.15, 0.2) is 0 Å². The molecule has 0 saturated heterocycles. The van der Waals surface area contributed by atoms with E-state index in [0.29, 0.717) is 0 Å². The van der Waals surface area contributed by atoms with E-state index in [1.165, 1.54) is 0 Å². The summed E-state index contributed by atoms with van der Waals surface area (Å²) >= 11 is 0. The summed E-state index contributed by atoms with van der Waals surface area (Å²) in [7, 11) is -22.6. The molecule has 0 saturated carbocycles. The number of phosphoric acid groups is 4. The number of rotatable bonds is 6. The van der Waals surface area contributed by atoms with Gasteiger partial charge in [0.2, 0.25) is 0 Å². The Morgan fingerprint density at radius 2 is 0.600 bits per heavy atom. The molecule has 0 heterocycles. The van der Waals surface area contributed by atoms with Crippen LogP contribution in [0.1, 0.15) is 11.4 Å². The first-order valence-electron chi connectivity index (χ1n) is 3.03. The minimum absolute atomic E-state index is 0. The van der Waals surface area contributed by atoms with Crippen molar-refractivity contribution in [1.82, 2.24) is 0 Å². The van der Waals surface area contributed by atoms with Crippen molar-refractivity contribution < 1.29 is 308 Å². The molecule has 0 radical (unpaired) electrons. The molecular weight excluding hydrogens is 516 g/mol. The molecule has 2 unspecified atom stereocenters. The smallest absolute Gasteiger partial charge is 1.00 e. The molecule has 25 heavy (non-hydrogen) atoms. The van der Waals surface area contributed by atoms with E-state index in [1.54, 1.807) is 0 Å². The average Bonchev–Trinajstić information content (AvgIpc) is 1.65. The molecular formula is H14Na8O13P4. The third kappa shape index (κ3) is 43.1. The van der Waals surface area contributed by atoms with Crippen LogP contribution >= 0.6 is 31.3 Å². The van der Waals surface area contributed by atoms with Crippen molar-refractivity contribution in [2.24, 2.45) is 0 Å². The van der Waals surface area contributed by atoms with E-state index in [1.807, 2.05) is 0 Å². The Morgan fingerprint density at radius 1 is 0.440 bits per heavy atom. The molecule has 0 aromatic rings. The predicted octanol–water partition coefficient (Wildman–Crippen LogP) is -23.6. The molecule has 2 atom stereocenters. The maximum Gasteiger partial charge on any atom is 1.00 e. The van der Waals surface area contributed by atoms with Gasteiger partial charge in [-0.1, -0.05) is 0 Å². The zero-order valence-corrected chi connectivity index (χ0v) is 34.9. The maximum atomic E-state index is 10.7. The zero-order valence-electron chi connectivity index (χ0n) is 23.3. The summed E-state index contributed by atoms with van der Waals surface area (Å²) in [6.07, 6.45) is 0. The van der Waals surface area contributed by atoms with Gasteiger partial charge in [-0.3, -0.25) is 0 Å². The summed E-state index contributed by atoms with van der Waals surface area (Å²) in [5.41, 5.74) is 0. The third-order valence-electron chi connectivity index (χ3n) is 0.625. The summed E-state index contributed by atoms with van der Waals surface area (Å²) in [6, 6.07) is 0. The van der Waals surface area contributed by atoms with Crippen LogP contribution in [0, 0.1) is 0 Å².